The molecular weight excluding hydrogens is 309 g/mol. The van der Waals surface area contributed by atoms with Crippen LogP contribution >= 0.6 is 0 Å². The third-order valence-corrected chi connectivity index (χ3v) is 3.33. The molecule has 0 radical (unpaired) electrons. The molecule has 0 fully saturated rings. The molecular formula is C17H13F2LiN2O2. The summed E-state index contributed by atoms with van der Waals surface area (Å²) in [4.78, 5) is 15.3. The number of aromatic nitrogens is 2. The molecule has 118 valence electrons. The maximum Gasteiger partial charge on any atom is 1.00 e. The Bertz CT molecular complexity index is 852. The fourth-order valence-electron chi connectivity index (χ4n) is 2.26. The van der Waals surface area contributed by atoms with Gasteiger partial charge in [-0.25, -0.2) is 13.8 Å². The van der Waals surface area contributed by atoms with E-state index in [4.69, 9.17) is 5.11 Å². The van der Waals surface area contributed by atoms with E-state index in [0.717, 1.165) is 0 Å². The maximum atomic E-state index is 13.1. The van der Waals surface area contributed by atoms with Gasteiger partial charge in [0.15, 0.2) is 0 Å². The Kier molecular flexibility index (Phi) is 5.55. The molecule has 0 unspecified atom stereocenters. The quantitative estimate of drug-likeness (QED) is 0.714. The minimum Gasteiger partial charge on any atom is -1.00 e. The second-order valence-electron chi connectivity index (χ2n) is 4.97. The van der Waals surface area contributed by atoms with Gasteiger partial charge in [-0.15, -0.1) is 0 Å². The van der Waals surface area contributed by atoms with Crippen molar-refractivity contribution >= 4 is 5.97 Å². The van der Waals surface area contributed by atoms with E-state index in [0.29, 0.717) is 22.8 Å². The number of hydrogen-bond acceptors (Lipinski definition) is 2. The predicted octanol–water partition coefficient (Wildman–Crippen LogP) is 0.561. The summed E-state index contributed by atoms with van der Waals surface area (Å²) < 4.78 is 27.7. The Labute approximate surface area is 150 Å². The first-order valence-electron chi connectivity index (χ1n) is 6.85. The number of carboxylic acids is 1. The van der Waals surface area contributed by atoms with Crippen LogP contribution < -0.4 is 18.9 Å². The van der Waals surface area contributed by atoms with E-state index < -0.39 is 5.97 Å². The third-order valence-electron chi connectivity index (χ3n) is 3.33. The molecule has 0 aliphatic rings. The van der Waals surface area contributed by atoms with Gasteiger partial charge in [0.1, 0.15) is 23.9 Å². The van der Waals surface area contributed by atoms with E-state index in [9.17, 15) is 13.6 Å². The molecule has 0 spiro atoms. The average Bonchev–Trinajstić information content (AvgIpc) is 2.92. The molecule has 24 heavy (non-hydrogen) atoms. The van der Waals surface area contributed by atoms with Gasteiger partial charge in [-0.2, -0.15) is 0 Å². The molecule has 0 aliphatic heterocycles. The molecule has 0 bridgehead atoms. The summed E-state index contributed by atoms with van der Waals surface area (Å²) in [6, 6.07) is 11.4. The number of carbonyl (C=O) groups is 1. The van der Waals surface area contributed by atoms with Crippen LogP contribution in [-0.2, 0) is 11.2 Å². The number of benzene rings is 2. The number of imidazole rings is 1. The fraction of sp³-hybridized carbons (Fsp3) is 0.0588. The normalized spacial score (nSPS) is 10.2. The summed E-state index contributed by atoms with van der Waals surface area (Å²) >= 11 is 0. The van der Waals surface area contributed by atoms with Crippen LogP contribution in [0, 0.1) is 11.6 Å². The first-order valence-corrected chi connectivity index (χ1v) is 6.85. The molecule has 2 aromatic carbocycles. The van der Waals surface area contributed by atoms with E-state index in [1.165, 1.54) is 36.4 Å². The summed E-state index contributed by atoms with van der Waals surface area (Å²) in [5.74, 6) is -1.46. The van der Waals surface area contributed by atoms with Gasteiger partial charge in [0.05, 0.1) is 5.69 Å². The van der Waals surface area contributed by atoms with Gasteiger partial charge < -0.3 is 11.1 Å². The summed E-state index contributed by atoms with van der Waals surface area (Å²) in [6.07, 6.45) is 1.37. The second-order valence-corrected chi connectivity index (χ2v) is 4.97. The number of nitrogens with zero attached hydrogens (tertiary/aromatic N) is 2. The zero-order valence-electron chi connectivity index (χ0n) is 13.9. The van der Waals surface area contributed by atoms with Crippen molar-refractivity contribution in [2.24, 2.45) is 0 Å². The molecule has 7 heteroatoms. The van der Waals surface area contributed by atoms with E-state index >= 15 is 0 Å². The largest absolute Gasteiger partial charge is 1.00 e. The monoisotopic (exact) mass is 322 g/mol. The van der Waals surface area contributed by atoms with E-state index in [1.807, 2.05) is 0 Å². The van der Waals surface area contributed by atoms with Crippen molar-refractivity contribution in [3.63, 3.8) is 0 Å². The van der Waals surface area contributed by atoms with Crippen molar-refractivity contribution in [3.05, 3.63) is 72.2 Å². The third kappa shape index (κ3) is 3.91. The van der Waals surface area contributed by atoms with Crippen LogP contribution in [0.25, 0.3) is 16.9 Å². The first-order chi connectivity index (χ1) is 11.0. The molecule has 4 nitrogen and oxygen atoms in total. The van der Waals surface area contributed by atoms with E-state index in [-0.39, 0.29) is 38.3 Å². The Morgan fingerprint density at radius 3 is 2.12 bits per heavy atom. The van der Waals surface area contributed by atoms with Gasteiger partial charge in [0, 0.05) is 17.4 Å². The van der Waals surface area contributed by atoms with Crippen LogP contribution in [-0.4, -0.2) is 20.6 Å². The van der Waals surface area contributed by atoms with Crippen LogP contribution in [0.1, 0.15) is 7.25 Å². The second kappa shape index (κ2) is 7.43. The van der Waals surface area contributed by atoms with Crippen molar-refractivity contribution in [2.45, 2.75) is 6.42 Å². The smallest absolute Gasteiger partial charge is 1.00 e. The average molecular weight is 322 g/mol. The van der Waals surface area contributed by atoms with E-state index in [2.05, 4.69) is 4.98 Å². The van der Waals surface area contributed by atoms with Crippen molar-refractivity contribution in [1.29, 1.82) is 0 Å². The van der Waals surface area contributed by atoms with Gasteiger partial charge in [-0.3, -0.25) is 4.79 Å². The molecule has 1 N–H and O–H groups in total. The standard InChI is InChI=1S/C17H12F2N2O2.Li.H/c18-12-3-1-11(2-4-12)15-10-21(16(20-15)9-17(22)23)14-7-5-13(19)6-8-14;;/h1-8,10H,9H2,(H,22,23);;/q;+1;-1. The van der Waals surface area contributed by atoms with Crippen LogP contribution in [0.5, 0.6) is 0 Å². The van der Waals surface area contributed by atoms with E-state index in [1.54, 1.807) is 22.9 Å². The molecule has 0 saturated heterocycles. The Morgan fingerprint density at radius 2 is 1.58 bits per heavy atom. The SMILES string of the molecule is O=C(O)Cc1nc(-c2ccc(F)cc2)cn1-c1ccc(F)cc1.[H-].[Li+]. The Hall–Kier alpha value is -2.42. The molecule has 1 heterocycles. The zero-order valence-corrected chi connectivity index (χ0v) is 12.9. The topological polar surface area (TPSA) is 55.1 Å². The molecule has 0 amide bonds. The molecule has 1 aromatic heterocycles. The van der Waals surface area contributed by atoms with Crippen molar-refractivity contribution in [3.8, 4) is 16.9 Å². The van der Waals surface area contributed by atoms with Crippen molar-refractivity contribution < 1.29 is 39.0 Å². The summed E-state index contributed by atoms with van der Waals surface area (Å²) in [5.41, 5.74) is 1.79. The molecule has 0 atom stereocenters. The molecule has 0 saturated carbocycles. The maximum absolute atomic E-state index is 13.1. The minimum absolute atomic E-state index is 0. The minimum atomic E-state index is -1.02. The number of aliphatic carboxylic acids is 1. The summed E-state index contributed by atoms with van der Waals surface area (Å²) in [6.45, 7) is 0. The van der Waals surface area contributed by atoms with Crippen LogP contribution in [0.4, 0.5) is 8.78 Å². The van der Waals surface area contributed by atoms with Crippen LogP contribution in [0.3, 0.4) is 0 Å². The first kappa shape index (κ1) is 17.9. The summed E-state index contributed by atoms with van der Waals surface area (Å²) in [7, 11) is 0. The van der Waals surface area contributed by atoms with Gasteiger partial charge in [-0.1, -0.05) is 0 Å². The number of hydrogen-bond donors (Lipinski definition) is 1. The number of rotatable bonds is 4. The number of carboxylic acid groups (broad SMARTS) is 1. The van der Waals surface area contributed by atoms with Gasteiger partial charge in [0.25, 0.3) is 0 Å². The zero-order chi connectivity index (χ0) is 16.4. The van der Waals surface area contributed by atoms with Gasteiger partial charge in [0.2, 0.25) is 0 Å². The van der Waals surface area contributed by atoms with Crippen LogP contribution in [0.15, 0.2) is 54.7 Å². The van der Waals surface area contributed by atoms with Gasteiger partial charge in [-0.05, 0) is 48.5 Å². The molecule has 3 rings (SSSR count). The molecule has 3 aromatic rings. The van der Waals surface area contributed by atoms with Crippen LogP contribution in [0.2, 0.25) is 0 Å². The summed E-state index contributed by atoms with van der Waals surface area (Å²) in [5, 5.41) is 9.04. The predicted molar refractivity (Wildman–Crippen MR) is 81.4 cm³/mol. The van der Waals surface area contributed by atoms with Gasteiger partial charge >= 0.3 is 24.8 Å². The number of halogens is 2. The molecule has 0 aliphatic carbocycles. The Morgan fingerprint density at radius 1 is 1.04 bits per heavy atom. The van der Waals surface area contributed by atoms with Crippen molar-refractivity contribution in [1.82, 2.24) is 9.55 Å². The fourth-order valence-corrected chi connectivity index (χ4v) is 2.26. The van der Waals surface area contributed by atoms with Crippen molar-refractivity contribution in [2.75, 3.05) is 0 Å². The Balaban J connectivity index is 0.00000156.